The van der Waals surface area contributed by atoms with Gasteiger partial charge in [-0.05, 0) is 58.7 Å². The van der Waals surface area contributed by atoms with E-state index < -0.39 is 0 Å². The Morgan fingerprint density at radius 3 is 2.40 bits per heavy atom. The van der Waals surface area contributed by atoms with Gasteiger partial charge in [0.15, 0.2) is 0 Å². The van der Waals surface area contributed by atoms with Crippen molar-refractivity contribution in [2.24, 2.45) is 0 Å². The van der Waals surface area contributed by atoms with Crippen LogP contribution in [0.2, 0.25) is 5.02 Å². The lowest BCUT2D eigenvalue weighted by molar-refractivity contribution is 0.0940. The molecule has 1 N–H and O–H groups in total. The minimum absolute atomic E-state index is 0.0713. The van der Waals surface area contributed by atoms with Crippen molar-refractivity contribution < 1.29 is 4.79 Å². The number of hydrogen-bond acceptors (Lipinski definition) is 1. The molecule has 5 heteroatoms. The van der Waals surface area contributed by atoms with Gasteiger partial charge in [-0.25, -0.2) is 0 Å². The van der Waals surface area contributed by atoms with Gasteiger partial charge < -0.3 is 5.32 Å². The lowest BCUT2D eigenvalue weighted by Crippen LogP contribution is -2.26. The SMILES string of the molecule is C[C@@H](NC(=O)c1ccc(Br)c(Cl)c1)c1ccc(Br)cc1. The summed E-state index contributed by atoms with van der Waals surface area (Å²) in [6.45, 7) is 1.95. The van der Waals surface area contributed by atoms with Crippen LogP contribution in [0.3, 0.4) is 0 Å². The molecule has 0 aromatic heterocycles. The first-order chi connectivity index (χ1) is 9.47. The molecule has 0 saturated heterocycles. The molecular weight excluding hydrogens is 405 g/mol. The molecule has 0 radical (unpaired) electrons. The van der Waals surface area contributed by atoms with Crippen molar-refractivity contribution in [2.75, 3.05) is 0 Å². The molecule has 0 unspecified atom stereocenters. The molecule has 0 saturated carbocycles. The Labute approximate surface area is 139 Å². The van der Waals surface area contributed by atoms with Crippen molar-refractivity contribution in [1.82, 2.24) is 5.32 Å². The third-order valence-corrected chi connectivity index (χ3v) is 4.66. The molecular formula is C15H12Br2ClNO. The fourth-order valence-corrected chi connectivity index (χ4v) is 2.44. The summed E-state index contributed by atoms with van der Waals surface area (Å²) in [5, 5.41) is 3.47. The highest BCUT2D eigenvalue weighted by molar-refractivity contribution is 9.10. The highest BCUT2D eigenvalue weighted by atomic mass is 79.9. The lowest BCUT2D eigenvalue weighted by Gasteiger charge is -2.14. The Balaban J connectivity index is 2.10. The zero-order chi connectivity index (χ0) is 14.7. The molecule has 1 atom stereocenters. The summed E-state index contributed by atoms with van der Waals surface area (Å²) in [4.78, 5) is 12.2. The topological polar surface area (TPSA) is 29.1 Å². The number of hydrogen-bond donors (Lipinski definition) is 1. The molecule has 2 aromatic carbocycles. The zero-order valence-corrected chi connectivity index (χ0v) is 14.6. The van der Waals surface area contributed by atoms with Crippen LogP contribution in [0.25, 0.3) is 0 Å². The third kappa shape index (κ3) is 3.84. The second-order valence-electron chi connectivity index (χ2n) is 4.38. The van der Waals surface area contributed by atoms with Crippen molar-refractivity contribution in [1.29, 1.82) is 0 Å². The number of carbonyl (C=O) groups is 1. The van der Waals surface area contributed by atoms with Gasteiger partial charge in [-0.1, -0.05) is 39.7 Å². The highest BCUT2D eigenvalue weighted by Gasteiger charge is 2.12. The first-order valence-electron chi connectivity index (χ1n) is 5.99. The fraction of sp³-hybridized carbons (Fsp3) is 0.133. The van der Waals surface area contributed by atoms with E-state index in [1.807, 2.05) is 31.2 Å². The molecule has 1 amide bonds. The summed E-state index contributed by atoms with van der Waals surface area (Å²) in [6.07, 6.45) is 0. The quantitative estimate of drug-likeness (QED) is 0.716. The van der Waals surface area contributed by atoms with Crippen LogP contribution in [0.15, 0.2) is 51.4 Å². The normalized spacial score (nSPS) is 12.0. The average Bonchev–Trinajstić information content (AvgIpc) is 2.42. The van der Waals surface area contributed by atoms with E-state index in [1.54, 1.807) is 18.2 Å². The van der Waals surface area contributed by atoms with E-state index in [0.717, 1.165) is 14.5 Å². The van der Waals surface area contributed by atoms with Crippen molar-refractivity contribution in [3.8, 4) is 0 Å². The van der Waals surface area contributed by atoms with Gasteiger partial charge in [-0.15, -0.1) is 0 Å². The van der Waals surface area contributed by atoms with Crippen molar-refractivity contribution in [2.45, 2.75) is 13.0 Å². The van der Waals surface area contributed by atoms with E-state index in [9.17, 15) is 4.79 Å². The first kappa shape index (κ1) is 15.5. The van der Waals surface area contributed by atoms with E-state index in [4.69, 9.17) is 11.6 Å². The van der Waals surface area contributed by atoms with Gasteiger partial charge in [-0.2, -0.15) is 0 Å². The molecule has 2 rings (SSSR count). The van der Waals surface area contributed by atoms with Gasteiger partial charge in [0.05, 0.1) is 11.1 Å². The smallest absolute Gasteiger partial charge is 0.251 e. The number of nitrogens with one attached hydrogen (secondary N) is 1. The molecule has 20 heavy (non-hydrogen) atoms. The summed E-state index contributed by atoms with van der Waals surface area (Å²) in [5.74, 6) is -0.144. The maximum atomic E-state index is 12.2. The van der Waals surface area contributed by atoms with Gasteiger partial charge in [-0.3, -0.25) is 4.79 Å². The molecule has 2 nitrogen and oxygen atoms in total. The maximum absolute atomic E-state index is 12.2. The zero-order valence-electron chi connectivity index (χ0n) is 10.7. The van der Waals surface area contributed by atoms with Crippen LogP contribution >= 0.6 is 43.5 Å². The predicted molar refractivity (Wildman–Crippen MR) is 89.2 cm³/mol. The Hall–Kier alpha value is -0.840. The Bertz CT molecular complexity index is 628. The van der Waals surface area contributed by atoms with Crippen LogP contribution in [0.5, 0.6) is 0 Å². The number of halogens is 3. The summed E-state index contributed by atoms with van der Waals surface area (Å²) in [5.41, 5.74) is 1.59. The minimum Gasteiger partial charge on any atom is -0.346 e. The number of amides is 1. The second kappa shape index (κ2) is 6.74. The molecule has 104 valence electrons. The monoisotopic (exact) mass is 415 g/mol. The maximum Gasteiger partial charge on any atom is 0.251 e. The number of rotatable bonds is 3. The lowest BCUT2D eigenvalue weighted by atomic mass is 10.1. The Morgan fingerprint density at radius 2 is 1.80 bits per heavy atom. The summed E-state index contributed by atoms with van der Waals surface area (Å²) in [7, 11) is 0. The first-order valence-corrected chi connectivity index (χ1v) is 7.95. The summed E-state index contributed by atoms with van der Waals surface area (Å²) < 4.78 is 1.79. The van der Waals surface area contributed by atoms with E-state index in [0.29, 0.717) is 10.6 Å². The molecule has 2 aromatic rings. The molecule has 0 aliphatic rings. The van der Waals surface area contributed by atoms with E-state index in [-0.39, 0.29) is 11.9 Å². The second-order valence-corrected chi connectivity index (χ2v) is 6.55. The van der Waals surface area contributed by atoms with Crippen LogP contribution in [0.4, 0.5) is 0 Å². The Kier molecular flexibility index (Phi) is 5.24. The molecule has 0 bridgehead atoms. The minimum atomic E-state index is -0.144. The van der Waals surface area contributed by atoms with E-state index in [2.05, 4.69) is 37.2 Å². The number of benzene rings is 2. The van der Waals surface area contributed by atoms with E-state index >= 15 is 0 Å². The Morgan fingerprint density at radius 1 is 1.15 bits per heavy atom. The van der Waals surface area contributed by atoms with Crippen molar-refractivity contribution in [3.05, 3.63) is 67.6 Å². The standard InChI is InChI=1S/C15H12Br2ClNO/c1-9(10-2-5-12(16)6-3-10)19-15(20)11-4-7-13(17)14(18)8-11/h2-9H,1H3,(H,19,20)/t9-/m1/s1. The molecule has 0 aliphatic heterocycles. The van der Waals surface area contributed by atoms with Gasteiger partial charge in [0.1, 0.15) is 0 Å². The predicted octanol–water partition coefficient (Wildman–Crippen LogP) is 5.36. The summed E-state index contributed by atoms with van der Waals surface area (Å²) >= 11 is 12.7. The van der Waals surface area contributed by atoms with Crippen LogP contribution in [0, 0.1) is 0 Å². The van der Waals surface area contributed by atoms with Crippen LogP contribution < -0.4 is 5.32 Å². The van der Waals surface area contributed by atoms with Crippen LogP contribution in [-0.2, 0) is 0 Å². The third-order valence-electron chi connectivity index (χ3n) is 2.90. The molecule has 0 heterocycles. The molecule has 0 aliphatic carbocycles. The average molecular weight is 418 g/mol. The highest BCUT2D eigenvalue weighted by Crippen LogP contribution is 2.23. The molecule has 0 spiro atoms. The molecule has 0 fully saturated rings. The largest absolute Gasteiger partial charge is 0.346 e. The van der Waals surface area contributed by atoms with Gasteiger partial charge >= 0.3 is 0 Å². The van der Waals surface area contributed by atoms with Crippen molar-refractivity contribution >= 4 is 49.4 Å². The van der Waals surface area contributed by atoms with Crippen LogP contribution in [0.1, 0.15) is 28.9 Å². The van der Waals surface area contributed by atoms with Crippen molar-refractivity contribution in [3.63, 3.8) is 0 Å². The van der Waals surface area contributed by atoms with Gasteiger partial charge in [0.2, 0.25) is 0 Å². The van der Waals surface area contributed by atoms with Crippen LogP contribution in [-0.4, -0.2) is 5.91 Å². The van der Waals surface area contributed by atoms with E-state index in [1.165, 1.54) is 0 Å². The fourth-order valence-electron chi connectivity index (χ4n) is 1.75. The van der Waals surface area contributed by atoms with Gasteiger partial charge in [0.25, 0.3) is 5.91 Å². The van der Waals surface area contributed by atoms with Gasteiger partial charge in [0, 0.05) is 14.5 Å². The summed E-state index contributed by atoms with van der Waals surface area (Å²) in [6, 6.07) is 12.9. The number of carbonyl (C=O) groups excluding carboxylic acids is 1.